The normalized spacial score (nSPS) is 10.3. The number of halogens is 1. The molecule has 2 aromatic carbocycles. The number of Topliss-reactive ketones (excluding diaryl/α,β-unsaturated/α-hetero) is 1. The molecule has 0 bridgehead atoms. The lowest BCUT2D eigenvalue weighted by Gasteiger charge is -2.03. The van der Waals surface area contributed by atoms with Crippen molar-refractivity contribution in [2.24, 2.45) is 0 Å². The molecule has 2 rings (SSSR count). The van der Waals surface area contributed by atoms with Crippen molar-refractivity contribution in [3.63, 3.8) is 0 Å². The molecule has 2 heteroatoms. The van der Waals surface area contributed by atoms with E-state index in [1.54, 1.807) is 18.2 Å². The first kappa shape index (κ1) is 12.5. The summed E-state index contributed by atoms with van der Waals surface area (Å²) in [5.74, 6) is -0.227. The van der Waals surface area contributed by atoms with Gasteiger partial charge in [0.15, 0.2) is 0 Å². The summed E-state index contributed by atoms with van der Waals surface area (Å²) in [5, 5.41) is 0. The van der Waals surface area contributed by atoms with E-state index in [-0.39, 0.29) is 18.0 Å². The van der Waals surface area contributed by atoms with Crippen LogP contribution in [0.5, 0.6) is 0 Å². The van der Waals surface area contributed by atoms with Crippen molar-refractivity contribution in [3.8, 4) is 0 Å². The van der Waals surface area contributed by atoms with E-state index in [1.165, 1.54) is 6.07 Å². The molecule has 0 heterocycles. The number of rotatable bonds is 5. The van der Waals surface area contributed by atoms with Crippen LogP contribution in [0, 0.1) is 5.82 Å². The van der Waals surface area contributed by atoms with Crippen LogP contribution in [-0.2, 0) is 17.6 Å². The van der Waals surface area contributed by atoms with Crippen LogP contribution in [0.1, 0.15) is 17.5 Å². The minimum absolute atomic E-state index is 0.0731. The highest BCUT2D eigenvalue weighted by Crippen LogP contribution is 2.10. The second-order valence-corrected chi connectivity index (χ2v) is 4.29. The third kappa shape index (κ3) is 3.52. The van der Waals surface area contributed by atoms with Gasteiger partial charge in [-0.25, -0.2) is 4.39 Å². The van der Waals surface area contributed by atoms with Crippen LogP contribution in [0.15, 0.2) is 54.6 Å². The largest absolute Gasteiger partial charge is 0.299 e. The van der Waals surface area contributed by atoms with E-state index in [1.807, 2.05) is 30.3 Å². The van der Waals surface area contributed by atoms with Gasteiger partial charge in [-0.15, -0.1) is 0 Å². The van der Waals surface area contributed by atoms with Gasteiger partial charge in [0.25, 0.3) is 0 Å². The molecular formula is C16H15FO. The Labute approximate surface area is 106 Å². The van der Waals surface area contributed by atoms with Gasteiger partial charge in [-0.2, -0.15) is 0 Å². The molecular weight excluding hydrogens is 227 g/mol. The number of aryl methyl sites for hydroxylation is 1. The molecule has 2 aromatic rings. The molecule has 0 N–H and O–H groups in total. The molecule has 18 heavy (non-hydrogen) atoms. The van der Waals surface area contributed by atoms with Crippen LogP contribution >= 0.6 is 0 Å². The zero-order valence-corrected chi connectivity index (χ0v) is 10.1. The number of ketones is 1. The average molecular weight is 242 g/mol. The maximum atomic E-state index is 13.4. The first-order valence-electron chi connectivity index (χ1n) is 6.05. The number of carbonyl (C=O) groups excluding carboxylic acids is 1. The van der Waals surface area contributed by atoms with Gasteiger partial charge in [0, 0.05) is 12.8 Å². The second-order valence-electron chi connectivity index (χ2n) is 4.29. The van der Waals surface area contributed by atoms with Crippen LogP contribution in [0.25, 0.3) is 0 Å². The molecule has 0 radical (unpaired) electrons. The van der Waals surface area contributed by atoms with Crippen LogP contribution in [0.3, 0.4) is 0 Å². The van der Waals surface area contributed by atoms with E-state index in [0.29, 0.717) is 18.4 Å². The summed E-state index contributed by atoms with van der Waals surface area (Å²) in [6.45, 7) is 0. The summed E-state index contributed by atoms with van der Waals surface area (Å²) in [6, 6.07) is 16.3. The molecule has 92 valence electrons. The molecule has 0 aliphatic carbocycles. The lowest BCUT2D eigenvalue weighted by molar-refractivity contribution is -0.118. The third-order valence-electron chi connectivity index (χ3n) is 2.88. The predicted octanol–water partition coefficient (Wildman–Crippen LogP) is 3.57. The highest BCUT2D eigenvalue weighted by atomic mass is 19.1. The minimum atomic E-state index is -0.300. The van der Waals surface area contributed by atoms with Crippen molar-refractivity contribution >= 4 is 5.78 Å². The van der Waals surface area contributed by atoms with Gasteiger partial charge in [-0.05, 0) is 23.6 Å². The molecule has 0 atom stereocenters. The highest BCUT2D eigenvalue weighted by molar-refractivity contribution is 5.81. The first-order valence-corrected chi connectivity index (χ1v) is 6.05. The SMILES string of the molecule is O=C(CCc1ccccc1)Cc1ccccc1F. The molecule has 0 spiro atoms. The summed E-state index contributed by atoms with van der Waals surface area (Å²) in [5.41, 5.74) is 1.62. The van der Waals surface area contributed by atoms with Crippen LogP contribution in [-0.4, -0.2) is 5.78 Å². The fraction of sp³-hybridized carbons (Fsp3) is 0.188. The Bertz CT molecular complexity index is 520. The van der Waals surface area contributed by atoms with E-state index >= 15 is 0 Å². The lowest BCUT2D eigenvalue weighted by atomic mass is 10.0. The maximum Gasteiger partial charge on any atom is 0.137 e. The number of carbonyl (C=O) groups is 1. The molecule has 0 unspecified atom stereocenters. The van der Waals surface area contributed by atoms with E-state index in [9.17, 15) is 9.18 Å². The molecule has 1 nitrogen and oxygen atoms in total. The van der Waals surface area contributed by atoms with E-state index in [4.69, 9.17) is 0 Å². The maximum absolute atomic E-state index is 13.4. The highest BCUT2D eigenvalue weighted by Gasteiger charge is 2.07. The van der Waals surface area contributed by atoms with Gasteiger partial charge in [-0.1, -0.05) is 48.5 Å². The molecule has 0 saturated carbocycles. The number of hydrogen-bond acceptors (Lipinski definition) is 1. The fourth-order valence-corrected chi connectivity index (χ4v) is 1.87. The van der Waals surface area contributed by atoms with E-state index in [2.05, 4.69) is 0 Å². The summed E-state index contributed by atoms with van der Waals surface area (Å²) in [6.07, 6.45) is 1.35. The summed E-state index contributed by atoms with van der Waals surface area (Å²) in [4.78, 5) is 11.8. The van der Waals surface area contributed by atoms with Gasteiger partial charge in [0.1, 0.15) is 11.6 Å². The smallest absolute Gasteiger partial charge is 0.137 e. The van der Waals surface area contributed by atoms with Crippen LogP contribution < -0.4 is 0 Å². The lowest BCUT2D eigenvalue weighted by Crippen LogP contribution is -2.05. The zero-order valence-electron chi connectivity index (χ0n) is 10.1. The molecule has 0 aliphatic rings. The zero-order chi connectivity index (χ0) is 12.8. The monoisotopic (exact) mass is 242 g/mol. The van der Waals surface area contributed by atoms with Crippen molar-refractivity contribution in [2.75, 3.05) is 0 Å². The standard InChI is InChI=1S/C16H15FO/c17-16-9-5-4-8-14(16)12-15(18)11-10-13-6-2-1-3-7-13/h1-9H,10-12H2. The fourth-order valence-electron chi connectivity index (χ4n) is 1.87. The van der Waals surface area contributed by atoms with Crippen LogP contribution in [0.4, 0.5) is 4.39 Å². The Morgan fingerprint density at radius 2 is 1.61 bits per heavy atom. The number of hydrogen-bond donors (Lipinski definition) is 0. The Kier molecular flexibility index (Phi) is 4.24. The van der Waals surface area contributed by atoms with Gasteiger partial charge in [0.2, 0.25) is 0 Å². The summed E-state index contributed by atoms with van der Waals surface area (Å²) >= 11 is 0. The topological polar surface area (TPSA) is 17.1 Å². The van der Waals surface area contributed by atoms with Gasteiger partial charge in [-0.3, -0.25) is 4.79 Å². The third-order valence-corrected chi connectivity index (χ3v) is 2.88. The second kappa shape index (κ2) is 6.10. The Hall–Kier alpha value is -1.96. The van der Waals surface area contributed by atoms with Crippen molar-refractivity contribution in [1.82, 2.24) is 0 Å². The van der Waals surface area contributed by atoms with Crippen molar-refractivity contribution in [1.29, 1.82) is 0 Å². The Balaban J connectivity index is 1.88. The van der Waals surface area contributed by atoms with E-state index in [0.717, 1.165) is 5.56 Å². The molecule has 0 aromatic heterocycles. The van der Waals surface area contributed by atoms with Crippen LogP contribution in [0.2, 0.25) is 0 Å². The van der Waals surface area contributed by atoms with Gasteiger partial charge < -0.3 is 0 Å². The Morgan fingerprint density at radius 3 is 2.33 bits per heavy atom. The first-order chi connectivity index (χ1) is 8.75. The predicted molar refractivity (Wildman–Crippen MR) is 69.9 cm³/mol. The average Bonchev–Trinajstić information content (AvgIpc) is 2.40. The quantitative estimate of drug-likeness (QED) is 0.783. The summed E-state index contributed by atoms with van der Waals surface area (Å²) in [7, 11) is 0. The van der Waals surface area contributed by atoms with E-state index < -0.39 is 0 Å². The molecule has 0 amide bonds. The van der Waals surface area contributed by atoms with Gasteiger partial charge in [0.05, 0.1) is 0 Å². The minimum Gasteiger partial charge on any atom is -0.299 e. The van der Waals surface area contributed by atoms with Crippen molar-refractivity contribution < 1.29 is 9.18 Å². The molecule has 0 fully saturated rings. The van der Waals surface area contributed by atoms with Crippen molar-refractivity contribution in [3.05, 3.63) is 71.5 Å². The number of benzene rings is 2. The van der Waals surface area contributed by atoms with Crippen molar-refractivity contribution in [2.45, 2.75) is 19.3 Å². The molecule has 0 aliphatic heterocycles. The summed E-state index contributed by atoms with van der Waals surface area (Å²) < 4.78 is 13.4. The molecule has 0 saturated heterocycles. The Morgan fingerprint density at radius 1 is 0.944 bits per heavy atom. The van der Waals surface area contributed by atoms with Gasteiger partial charge >= 0.3 is 0 Å².